The molecular formula is C14H17N3S. The Morgan fingerprint density at radius 2 is 2.06 bits per heavy atom. The maximum atomic E-state index is 4.41. The van der Waals surface area contributed by atoms with Crippen LogP contribution in [-0.2, 0) is 0 Å². The van der Waals surface area contributed by atoms with Gasteiger partial charge in [0.05, 0.1) is 0 Å². The predicted molar refractivity (Wildman–Crippen MR) is 77.4 cm³/mol. The number of hydrogen-bond acceptors (Lipinski definition) is 3. The van der Waals surface area contributed by atoms with E-state index < -0.39 is 0 Å². The maximum absolute atomic E-state index is 4.41. The zero-order chi connectivity index (χ0) is 12.6. The smallest absolute Gasteiger partial charge is 0.208 e. The molecule has 0 unspecified atom stereocenters. The third kappa shape index (κ3) is 4.04. The number of nitrogens with one attached hydrogen (secondary N) is 1. The average molecular weight is 259 g/mol. The number of rotatable bonds is 6. The van der Waals surface area contributed by atoms with Crippen molar-refractivity contribution in [3.05, 3.63) is 41.7 Å². The van der Waals surface area contributed by atoms with E-state index in [-0.39, 0.29) is 0 Å². The van der Waals surface area contributed by atoms with Gasteiger partial charge in [-0.05, 0) is 18.1 Å². The summed E-state index contributed by atoms with van der Waals surface area (Å²) in [5.74, 6) is 1.88. The van der Waals surface area contributed by atoms with Crippen LogP contribution in [-0.4, -0.2) is 20.9 Å². The van der Waals surface area contributed by atoms with Gasteiger partial charge in [0.1, 0.15) is 5.82 Å². The summed E-state index contributed by atoms with van der Waals surface area (Å²) in [6.07, 6.45) is 6.39. The number of aromatic amines is 1. The zero-order valence-corrected chi connectivity index (χ0v) is 11.3. The molecule has 4 heteroatoms. The number of benzene rings is 1. The highest BCUT2D eigenvalue weighted by atomic mass is 32.2. The molecular weight excluding hydrogens is 242 g/mol. The Balaban J connectivity index is 1.92. The Morgan fingerprint density at radius 3 is 2.83 bits per heavy atom. The van der Waals surface area contributed by atoms with Crippen LogP contribution in [0.3, 0.4) is 0 Å². The lowest BCUT2D eigenvalue weighted by Gasteiger charge is -1.92. The first-order valence-corrected chi connectivity index (χ1v) is 7.15. The van der Waals surface area contributed by atoms with Crippen LogP contribution in [0.25, 0.3) is 12.2 Å². The molecule has 1 aromatic carbocycles. The van der Waals surface area contributed by atoms with Gasteiger partial charge in [-0.2, -0.15) is 0 Å². The standard InChI is InChI=1S/C14H17N3S/c1-2-3-11-18-14-15-13(16-17-14)10-9-12-7-5-4-6-8-12/h4-10H,2-3,11H2,1H3,(H,15,16,17)/b10-9+. The van der Waals surface area contributed by atoms with Crippen LogP contribution < -0.4 is 0 Å². The van der Waals surface area contributed by atoms with Gasteiger partial charge < -0.3 is 0 Å². The minimum absolute atomic E-state index is 0.804. The van der Waals surface area contributed by atoms with Gasteiger partial charge in [0.2, 0.25) is 5.16 Å². The van der Waals surface area contributed by atoms with Gasteiger partial charge in [-0.1, -0.05) is 61.5 Å². The lowest BCUT2D eigenvalue weighted by Crippen LogP contribution is -1.80. The highest BCUT2D eigenvalue weighted by molar-refractivity contribution is 7.99. The molecule has 3 nitrogen and oxygen atoms in total. The van der Waals surface area contributed by atoms with Crippen LogP contribution in [0.2, 0.25) is 0 Å². The van der Waals surface area contributed by atoms with Gasteiger partial charge in [-0.15, -0.1) is 5.10 Å². The number of nitrogens with zero attached hydrogens (tertiary/aromatic N) is 2. The molecule has 2 aromatic rings. The largest absolute Gasteiger partial charge is 0.259 e. The van der Waals surface area contributed by atoms with Crippen molar-refractivity contribution in [1.82, 2.24) is 15.2 Å². The second-order valence-corrected chi connectivity index (χ2v) is 5.01. The van der Waals surface area contributed by atoms with E-state index in [0.717, 1.165) is 22.3 Å². The zero-order valence-electron chi connectivity index (χ0n) is 10.5. The van der Waals surface area contributed by atoms with E-state index in [1.165, 1.54) is 12.8 Å². The van der Waals surface area contributed by atoms with Gasteiger partial charge in [0.15, 0.2) is 0 Å². The normalized spacial score (nSPS) is 11.2. The predicted octanol–water partition coefficient (Wildman–Crippen LogP) is 3.87. The Kier molecular flexibility index (Phi) is 5.02. The molecule has 2 rings (SSSR count). The number of thioether (sulfide) groups is 1. The molecule has 0 radical (unpaired) electrons. The molecule has 0 fully saturated rings. The molecule has 0 spiro atoms. The van der Waals surface area contributed by atoms with Crippen molar-refractivity contribution < 1.29 is 0 Å². The quantitative estimate of drug-likeness (QED) is 0.632. The summed E-state index contributed by atoms with van der Waals surface area (Å²) in [6, 6.07) is 10.2. The topological polar surface area (TPSA) is 41.6 Å². The monoisotopic (exact) mass is 259 g/mol. The molecule has 0 saturated carbocycles. The molecule has 0 atom stereocenters. The summed E-state index contributed by atoms with van der Waals surface area (Å²) in [7, 11) is 0. The molecule has 1 N–H and O–H groups in total. The van der Waals surface area contributed by atoms with E-state index in [4.69, 9.17) is 0 Å². The highest BCUT2D eigenvalue weighted by Gasteiger charge is 2.00. The van der Waals surface area contributed by atoms with Crippen molar-refractivity contribution in [1.29, 1.82) is 0 Å². The van der Waals surface area contributed by atoms with Crippen molar-refractivity contribution in [2.24, 2.45) is 0 Å². The number of aromatic nitrogens is 3. The third-order valence-electron chi connectivity index (χ3n) is 2.44. The Hall–Kier alpha value is -1.55. The fraction of sp³-hybridized carbons (Fsp3) is 0.286. The molecule has 0 saturated heterocycles. The van der Waals surface area contributed by atoms with Crippen LogP contribution >= 0.6 is 11.8 Å². The first-order valence-electron chi connectivity index (χ1n) is 6.17. The van der Waals surface area contributed by atoms with Crippen molar-refractivity contribution in [2.45, 2.75) is 24.9 Å². The first-order chi connectivity index (χ1) is 8.88. The molecule has 1 heterocycles. The van der Waals surface area contributed by atoms with Crippen LogP contribution in [0, 0.1) is 0 Å². The van der Waals surface area contributed by atoms with Crippen LogP contribution in [0.1, 0.15) is 31.2 Å². The highest BCUT2D eigenvalue weighted by Crippen LogP contribution is 2.15. The molecule has 18 heavy (non-hydrogen) atoms. The minimum atomic E-state index is 0.804. The molecule has 94 valence electrons. The summed E-state index contributed by atoms with van der Waals surface area (Å²) >= 11 is 1.70. The second kappa shape index (κ2) is 7.01. The van der Waals surface area contributed by atoms with Crippen molar-refractivity contribution in [3.63, 3.8) is 0 Å². The van der Waals surface area contributed by atoms with E-state index in [1.54, 1.807) is 11.8 Å². The number of H-pyrrole nitrogens is 1. The van der Waals surface area contributed by atoms with Crippen LogP contribution in [0.15, 0.2) is 35.5 Å². The van der Waals surface area contributed by atoms with Crippen molar-refractivity contribution >= 4 is 23.9 Å². The van der Waals surface area contributed by atoms with Crippen molar-refractivity contribution in [3.8, 4) is 0 Å². The maximum Gasteiger partial charge on any atom is 0.208 e. The second-order valence-electron chi connectivity index (χ2n) is 3.95. The van der Waals surface area contributed by atoms with E-state index in [0.29, 0.717) is 0 Å². The summed E-state index contributed by atoms with van der Waals surface area (Å²) in [4.78, 5) is 4.41. The van der Waals surface area contributed by atoms with Crippen molar-refractivity contribution in [2.75, 3.05) is 5.75 Å². The van der Waals surface area contributed by atoms with Gasteiger partial charge >= 0.3 is 0 Å². The Morgan fingerprint density at radius 1 is 1.22 bits per heavy atom. The van der Waals surface area contributed by atoms with Gasteiger partial charge in [-0.25, -0.2) is 4.98 Å². The summed E-state index contributed by atoms with van der Waals surface area (Å²) in [5, 5.41) is 7.94. The molecule has 0 amide bonds. The van der Waals surface area contributed by atoms with Gasteiger partial charge in [-0.3, -0.25) is 5.10 Å². The first kappa shape index (κ1) is 12.9. The molecule has 0 aliphatic carbocycles. The fourth-order valence-electron chi connectivity index (χ4n) is 1.44. The average Bonchev–Trinajstić information content (AvgIpc) is 2.86. The molecule has 0 bridgehead atoms. The molecule has 0 aliphatic heterocycles. The summed E-state index contributed by atoms with van der Waals surface area (Å²) in [6.45, 7) is 2.19. The lowest BCUT2D eigenvalue weighted by atomic mass is 10.2. The number of unbranched alkanes of at least 4 members (excludes halogenated alkanes) is 1. The van der Waals surface area contributed by atoms with Gasteiger partial charge in [0.25, 0.3) is 0 Å². The van der Waals surface area contributed by atoms with Gasteiger partial charge in [0, 0.05) is 5.75 Å². The Bertz CT molecular complexity index is 491. The third-order valence-corrected chi connectivity index (χ3v) is 3.38. The van der Waals surface area contributed by atoms with E-state index in [1.807, 2.05) is 30.4 Å². The fourth-order valence-corrected chi connectivity index (χ4v) is 2.33. The minimum Gasteiger partial charge on any atom is -0.259 e. The van der Waals surface area contributed by atoms with E-state index in [2.05, 4.69) is 34.2 Å². The van der Waals surface area contributed by atoms with E-state index in [9.17, 15) is 0 Å². The molecule has 1 aromatic heterocycles. The number of hydrogen-bond donors (Lipinski definition) is 1. The van der Waals surface area contributed by atoms with Crippen LogP contribution in [0.4, 0.5) is 0 Å². The van der Waals surface area contributed by atoms with Crippen LogP contribution in [0.5, 0.6) is 0 Å². The van der Waals surface area contributed by atoms with E-state index >= 15 is 0 Å². The summed E-state index contributed by atoms with van der Waals surface area (Å²) in [5.41, 5.74) is 1.16. The Labute approximate surface area is 112 Å². The summed E-state index contributed by atoms with van der Waals surface area (Å²) < 4.78 is 0. The lowest BCUT2D eigenvalue weighted by molar-refractivity contribution is 0.889. The SMILES string of the molecule is CCCCSc1n[nH]c(/C=C/c2ccccc2)n1. The molecule has 0 aliphatic rings.